The third-order valence-electron chi connectivity index (χ3n) is 3.10. The Balaban J connectivity index is 2.08. The van der Waals surface area contributed by atoms with Crippen LogP contribution < -0.4 is 0 Å². The second-order valence-corrected chi connectivity index (χ2v) is 4.69. The van der Waals surface area contributed by atoms with Gasteiger partial charge < -0.3 is 0 Å². The summed E-state index contributed by atoms with van der Waals surface area (Å²) < 4.78 is 39.3. The molecule has 0 aliphatic rings. The molecule has 1 aromatic carbocycles. The highest BCUT2D eigenvalue weighted by molar-refractivity contribution is 5.63. The van der Waals surface area contributed by atoms with E-state index in [1.165, 1.54) is 12.1 Å². The van der Waals surface area contributed by atoms with Crippen molar-refractivity contribution in [3.63, 3.8) is 0 Å². The Morgan fingerprint density at radius 3 is 2.29 bits per heavy atom. The highest BCUT2D eigenvalue weighted by atomic mass is 19.4. The van der Waals surface area contributed by atoms with E-state index in [0.717, 1.165) is 12.1 Å². The second-order valence-electron chi connectivity index (χ2n) is 4.69. The monoisotopic (exact) mass is 292 g/mol. The SMILES string of the molecule is Cc1nc2cc(-c3ccc(C(F)(F)F)cc3)nc(C)n2n1. The van der Waals surface area contributed by atoms with Gasteiger partial charge in [-0.2, -0.15) is 17.7 Å². The molecule has 3 rings (SSSR count). The first-order chi connectivity index (χ1) is 9.84. The Hall–Kier alpha value is -2.44. The van der Waals surface area contributed by atoms with E-state index in [2.05, 4.69) is 15.1 Å². The molecule has 2 aromatic heterocycles. The van der Waals surface area contributed by atoms with Crippen LogP contribution in [-0.4, -0.2) is 19.6 Å². The standard InChI is InChI=1S/C14H11F3N4/c1-8-18-13-7-12(19-9(2)21(13)20-8)10-3-5-11(6-4-10)14(15,16)17/h3-7H,1-2H3. The maximum atomic E-state index is 12.6. The number of aryl methyl sites for hydroxylation is 2. The van der Waals surface area contributed by atoms with Gasteiger partial charge in [-0.05, 0) is 26.0 Å². The Kier molecular flexibility index (Phi) is 2.93. The van der Waals surface area contributed by atoms with Crippen molar-refractivity contribution < 1.29 is 13.2 Å². The molecule has 0 spiro atoms. The number of hydrogen-bond acceptors (Lipinski definition) is 3. The molecular formula is C14H11F3N4. The van der Waals surface area contributed by atoms with Gasteiger partial charge >= 0.3 is 6.18 Å². The quantitative estimate of drug-likeness (QED) is 0.690. The fourth-order valence-electron chi connectivity index (χ4n) is 2.12. The van der Waals surface area contributed by atoms with Crippen molar-refractivity contribution in [1.82, 2.24) is 19.6 Å². The number of rotatable bonds is 1. The predicted octanol–water partition coefficient (Wildman–Crippen LogP) is 3.43. The van der Waals surface area contributed by atoms with Crippen LogP contribution in [0.25, 0.3) is 16.9 Å². The fraction of sp³-hybridized carbons (Fsp3) is 0.214. The van der Waals surface area contributed by atoms with E-state index < -0.39 is 11.7 Å². The maximum absolute atomic E-state index is 12.6. The van der Waals surface area contributed by atoms with Gasteiger partial charge in [-0.3, -0.25) is 0 Å². The first kappa shape index (κ1) is 13.5. The van der Waals surface area contributed by atoms with Crippen LogP contribution in [0.2, 0.25) is 0 Å². The van der Waals surface area contributed by atoms with Crippen LogP contribution in [-0.2, 0) is 6.18 Å². The second kappa shape index (κ2) is 4.54. The molecule has 21 heavy (non-hydrogen) atoms. The third kappa shape index (κ3) is 2.46. The summed E-state index contributed by atoms with van der Waals surface area (Å²) in [5, 5.41) is 4.19. The zero-order chi connectivity index (χ0) is 15.2. The Morgan fingerprint density at radius 2 is 1.67 bits per heavy atom. The zero-order valence-corrected chi connectivity index (χ0v) is 11.3. The molecule has 0 radical (unpaired) electrons. The normalized spacial score (nSPS) is 12.0. The molecule has 3 aromatic rings. The van der Waals surface area contributed by atoms with E-state index in [-0.39, 0.29) is 0 Å². The van der Waals surface area contributed by atoms with Gasteiger partial charge in [0.15, 0.2) is 5.65 Å². The van der Waals surface area contributed by atoms with Crippen molar-refractivity contribution in [3.8, 4) is 11.3 Å². The maximum Gasteiger partial charge on any atom is 0.416 e. The molecule has 4 nitrogen and oxygen atoms in total. The number of benzene rings is 1. The summed E-state index contributed by atoms with van der Waals surface area (Å²) >= 11 is 0. The fourth-order valence-corrected chi connectivity index (χ4v) is 2.12. The molecule has 0 atom stereocenters. The Bertz CT molecular complexity index is 803. The molecule has 0 aliphatic heterocycles. The van der Waals surface area contributed by atoms with Crippen molar-refractivity contribution >= 4 is 5.65 Å². The average molecular weight is 292 g/mol. The van der Waals surface area contributed by atoms with E-state index >= 15 is 0 Å². The summed E-state index contributed by atoms with van der Waals surface area (Å²) in [6, 6.07) is 6.61. The molecule has 0 unspecified atom stereocenters. The molecule has 0 N–H and O–H groups in total. The molecule has 0 amide bonds. The number of aromatic nitrogens is 4. The molecule has 2 heterocycles. The van der Waals surface area contributed by atoms with Crippen LogP contribution in [0.4, 0.5) is 13.2 Å². The van der Waals surface area contributed by atoms with Gasteiger partial charge in [0.1, 0.15) is 11.6 Å². The van der Waals surface area contributed by atoms with Crippen LogP contribution in [0.1, 0.15) is 17.2 Å². The minimum Gasteiger partial charge on any atom is -0.233 e. The number of nitrogens with zero attached hydrogens (tertiary/aromatic N) is 4. The molecule has 0 saturated carbocycles. The highest BCUT2D eigenvalue weighted by Crippen LogP contribution is 2.30. The molecule has 0 fully saturated rings. The van der Waals surface area contributed by atoms with Gasteiger partial charge in [0.05, 0.1) is 11.3 Å². The van der Waals surface area contributed by atoms with Gasteiger partial charge in [0.25, 0.3) is 0 Å². The topological polar surface area (TPSA) is 43.1 Å². The molecule has 0 aliphatic carbocycles. The van der Waals surface area contributed by atoms with Crippen LogP contribution in [0.3, 0.4) is 0 Å². The van der Waals surface area contributed by atoms with E-state index in [1.807, 2.05) is 0 Å². The number of halogens is 3. The predicted molar refractivity (Wildman–Crippen MR) is 70.7 cm³/mol. The van der Waals surface area contributed by atoms with Gasteiger partial charge in [-0.1, -0.05) is 12.1 Å². The molecule has 108 valence electrons. The van der Waals surface area contributed by atoms with Crippen molar-refractivity contribution in [2.75, 3.05) is 0 Å². The van der Waals surface area contributed by atoms with Crippen LogP contribution in [0, 0.1) is 13.8 Å². The summed E-state index contributed by atoms with van der Waals surface area (Å²) in [7, 11) is 0. The smallest absolute Gasteiger partial charge is 0.233 e. The van der Waals surface area contributed by atoms with E-state index in [9.17, 15) is 13.2 Å². The Labute approximate surface area is 118 Å². The summed E-state index contributed by atoms with van der Waals surface area (Å²) in [5.41, 5.74) is 1.12. The summed E-state index contributed by atoms with van der Waals surface area (Å²) in [4.78, 5) is 8.60. The lowest BCUT2D eigenvalue weighted by Gasteiger charge is -2.08. The first-order valence-corrected chi connectivity index (χ1v) is 6.23. The largest absolute Gasteiger partial charge is 0.416 e. The van der Waals surface area contributed by atoms with Crippen molar-refractivity contribution in [2.24, 2.45) is 0 Å². The first-order valence-electron chi connectivity index (χ1n) is 6.23. The van der Waals surface area contributed by atoms with E-state index in [1.54, 1.807) is 24.4 Å². The van der Waals surface area contributed by atoms with Crippen LogP contribution >= 0.6 is 0 Å². The highest BCUT2D eigenvalue weighted by Gasteiger charge is 2.30. The molecule has 0 bridgehead atoms. The van der Waals surface area contributed by atoms with Crippen LogP contribution in [0.15, 0.2) is 30.3 Å². The zero-order valence-electron chi connectivity index (χ0n) is 11.3. The average Bonchev–Trinajstić information content (AvgIpc) is 2.79. The molecular weight excluding hydrogens is 281 g/mol. The van der Waals surface area contributed by atoms with Crippen molar-refractivity contribution in [1.29, 1.82) is 0 Å². The number of fused-ring (bicyclic) bond motifs is 1. The lowest BCUT2D eigenvalue weighted by atomic mass is 10.1. The van der Waals surface area contributed by atoms with Gasteiger partial charge in [-0.25, -0.2) is 9.97 Å². The lowest BCUT2D eigenvalue weighted by molar-refractivity contribution is -0.137. The summed E-state index contributed by atoms with van der Waals surface area (Å²) in [5.74, 6) is 1.24. The minimum atomic E-state index is -4.34. The van der Waals surface area contributed by atoms with Gasteiger partial charge in [-0.15, -0.1) is 5.10 Å². The van der Waals surface area contributed by atoms with Crippen molar-refractivity contribution in [2.45, 2.75) is 20.0 Å². The summed E-state index contributed by atoms with van der Waals surface area (Å²) in [6.07, 6.45) is -4.34. The van der Waals surface area contributed by atoms with Crippen LogP contribution in [0.5, 0.6) is 0 Å². The van der Waals surface area contributed by atoms with E-state index in [0.29, 0.717) is 28.6 Å². The number of hydrogen-bond donors (Lipinski definition) is 0. The van der Waals surface area contributed by atoms with E-state index in [4.69, 9.17) is 0 Å². The van der Waals surface area contributed by atoms with Gasteiger partial charge in [0.2, 0.25) is 0 Å². The summed E-state index contributed by atoms with van der Waals surface area (Å²) in [6.45, 7) is 3.54. The van der Waals surface area contributed by atoms with Crippen molar-refractivity contribution in [3.05, 3.63) is 47.5 Å². The molecule has 0 saturated heterocycles. The lowest BCUT2D eigenvalue weighted by Crippen LogP contribution is -2.04. The minimum absolute atomic E-state index is 0.570. The molecule has 7 heteroatoms. The third-order valence-corrected chi connectivity index (χ3v) is 3.10. The number of alkyl halides is 3. The Morgan fingerprint density at radius 1 is 1.00 bits per heavy atom. The van der Waals surface area contributed by atoms with Gasteiger partial charge in [0, 0.05) is 11.6 Å².